The number of unbranched alkanes of at least 4 members (excludes halogenated alkanes) is 47. The molecule has 0 aromatic carbocycles. The summed E-state index contributed by atoms with van der Waals surface area (Å²) in [7, 11) is 0. The lowest BCUT2D eigenvalue weighted by atomic mass is 10.0. The molecule has 0 spiro atoms. The van der Waals surface area contributed by atoms with Crippen molar-refractivity contribution < 1.29 is 28.6 Å². The van der Waals surface area contributed by atoms with Gasteiger partial charge in [0.25, 0.3) is 0 Å². The second kappa shape index (κ2) is 66.1. The number of allylic oxidation sites excluding steroid dienone is 6. The molecule has 6 nitrogen and oxygen atoms in total. The molecule has 0 heterocycles. The van der Waals surface area contributed by atoms with Crippen molar-refractivity contribution in [1.29, 1.82) is 0 Å². The molecule has 0 fully saturated rings. The Labute approximate surface area is 480 Å². The van der Waals surface area contributed by atoms with Crippen LogP contribution in [0.15, 0.2) is 36.5 Å². The van der Waals surface area contributed by atoms with Crippen molar-refractivity contribution in [3.05, 3.63) is 36.5 Å². The second-order valence-electron chi connectivity index (χ2n) is 23.4. The highest BCUT2D eigenvalue weighted by molar-refractivity contribution is 5.71. The Hall–Kier alpha value is -2.37. The van der Waals surface area contributed by atoms with E-state index < -0.39 is 6.10 Å². The number of ether oxygens (including phenoxy) is 3. The molecule has 0 aromatic heterocycles. The minimum Gasteiger partial charge on any atom is -0.462 e. The lowest BCUT2D eigenvalue weighted by Crippen LogP contribution is -2.30. The normalized spacial score (nSPS) is 12.2. The van der Waals surface area contributed by atoms with Gasteiger partial charge in [-0.05, 0) is 77.0 Å². The summed E-state index contributed by atoms with van der Waals surface area (Å²) in [6.45, 7) is 6.68. The molecule has 0 amide bonds. The van der Waals surface area contributed by atoms with E-state index in [1.54, 1.807) is 0 Å². The molecule has 0 bridgehead atoms. The second-order valence-corrected chi connectivity index (χ2v) is 23.4. The number of carbonyl (C=O) groups is 3. The van der Waals surface area contributed by atoms with E-state index in [-0.39, 0.29) is 31.1 Å². The first-order valence-corrected chi connectivity index (χ1v) is 34.5. The van der Waals surface area contributed by atoms with E-state index in [1.165, 1.54) is 276 Å². The summed E-state index contributed by atoms with van der Waals surface area (Å²) >= 11 is 0. The predicted molar refractivity (Wildman–Crippen MR) is 335 cm³/mol. The summed E-state index contributed by atoms with van der Waals surface area (Å²) in [5.41, 5.74) is 0. The summed E-state index contributed by atoms with van der Waals surface area (Å²) in [5, 5.41) is 0. The summed E-state index contributed by atoms with van der Waals surface area (Å²) in [6, 6.07) is 0. The van der Waals surface area contributed by atoms with Gasteiger partial charge < -0.3 is 14.2 Å². The summed E-state index contributed by atoms with van der Waals surface area (Å²) in [5.74, 6) is -0.848. The van der Waals surface area contributed by atoms with Gasteiger partial charge in [-0.1, -0.05) is 320 Å². The zero-order chi connectivity index (χ0) is 55.7. The van der Waals surface area contributed by atoms with E-state index >= 15 is 0 Å². The lowest BCUT2D eigenvalue weighted by Gasteiger charge is -2.18. The van der Waals surface area contributed by atoms with Gasteiger partial charge in [0.1, 0.15) is 13.2 Å². The molecule has 1 atom stereocenters. The highest BCUT2D eigenvalue weighted by atomic mass is 16.6. The first kappa shape index (κ1) is 74.6. The van der Waals surface area contributed by atoms with Crippen molar-refractivity contribution in [2.24, 2.45) is 0 Å². The van der Waals surface area contributed by atoms with Crippen LogP contribution in [-0.2, 0) is 28.6 Å². The zero-order valence-corrected chi connectivity index (χ0v) is 52.0. The van der Waals surface area contributed by atoms with Crippen LogP contribution in [-0.4, -0.2) is 37.2 Å². The molecule has 6 heteroatoms. The smallest absolute Gasteiger partial charge is 0.306 e. The molecule has 452 valence electrons. The van der Waals surface area contributed by atoms with E-state index in [0.717, 1.165) is 64.2 Å². The van der Waals surface area contributed by atoms with Crippen LogP contribution in [0.4, 0.5) is 0 Å². The minimum absolute atomic E-state index is 0.0689. The molecule has 0 aromatic rings. The molecule has 1 unspecified atom stereocenters. The van der Waals surface area contributed by atoms with Crippen molar-refractivity contribution in [2.75, 3.05) is 13.2 Å². The fourth-order valence-electron chi connectivity index (χ4n) is 10.4. The van der Waals surface area contributed by atoms with Crippen LogP contribution < -0.4 is 0 Å². The fourth-order valence-corrected chi connectivity index (χ4v) is 10.4. The maximum absolute atomic E-state index is 12.9. The van der Waals surface area contributed by atoms with Crippen LogP contribution in [0.1, 0.15) is 380 Å². The number of hydrogen-bond donors (Lipinski definition) is 0. The average Bonchev–Trinajstić information content (AvgIpc) is 3.43. The predicted octanol–water partition coefficient (Wildman–Crippen LogP) is 23.6. The van der Waals surface area contributed by atoms with Gasteiger partial charge in [0.15, 0.2) is 6.10 Å². The van der Waals surface area contributed by atoms with Gasteiger partial charge in [-0.3, -0.25) is 14.4 Å². The maximum atomic E-state index is 12.9. The van der Waals surface area contributed by atoms with E-state index in [0.29, 0.717) is 19.3 Å². The van der Waals surface area contributed by atoms with Crippen LogP contribution >= 0.6 is 0 Å². The summed E-state index contributed by atoms with van der Waals surface area (Å²) in [4.78, 5) is 38.3. The molecule has 0 radical (unpaired) electrons. The Morgan fingerprint density at radius 3 is 0.727 bits per heavy atom. The molecular formula is C71H132O6. The molecule has 0 aliphatic rings. The van der Waals surface area contributed by atoms with Gasteiger partial charge in [0.05, 0.1) is 0 Å². The van der Waals surface area contributed by atoms with Crippen molar-refractivity contribution in [1.82, 2.24) is 0 Å². The molecule has 0 saturated heterocycles. The summed E-state index contributed by atoms with van der Waals surface area (Å²) in [6.07, 6.45) is 81.7. The van der Waals surface area contributed by atoms with E-state index in [2.05, 4.69) is 57.2 Å². The third kappa shape index (κ3) is 64.3. The number of rotatable bonds is 64. The maximum Gasteiger partial charge on any atom is 0.306 e. The summed E-state index contributed by atoms with van der Waals surface area (Å²) < 4.78 is 17.0. The van der Waals surface area contributed by atoms with Gasteiger partial charge >= 0.3 is 17.9 Å². The molecule has 0 rings (SSSR count). The molecule has 0 saturated carbocycles. The van der Waals surface area contributed by atoms with Gasteiger partial charge in [-0.15, -0.1) is 0 Å². The average molecular weight is 1080 g/mol. The quantitative estimate of drug-likeness (QED) is 0.0261. The third-order valence-corrected chi connectivity index (χ3v) is 15.6. The first-order valence-electron chi connectivity index (χ1n) is 34.5. The van der Waals surface area contributed by atoms with Crippen LogP contribution in [0.25, 0.3) is 0 Å². The van der Waals surface area contributed by atoms with Gasteiger partial charge in [0.2, 0.25) is 0 Å². The molecular weight excluding hydrogens is 949 g/mol. The Morgan fingerprint density at radius 2 is 0.468 bits per heavy atom. The van der Waals surface area contributed by atoms with Gasteiger partial charge in [0, 0.05) is 19.3 Å². The zero-order valence-electron chi connectivity index (χ0n) is 52.0. The molecule has 0 N–H and O–H groups in total. The first-order chi connectivity index (χ1) is 38.0. The highest BCUT2D eigenvalue weighted by Gasteiger charge is 2.19. The van der Waals surface area contributed by atoms with Gasteiger partial charge in [-0.25, -0.2) is 0 Å². The van der Waals surface area contributed by atoms with Gasteiger partial charge in [-0.2, -0.15) is 0 Å². The van der Waals surface area contributed by atoms with Crippen molar-refractivity contribution in [3.63, 3.8) is 0 Å². The van der Waals surface area contributed by atoms with Crippen molar-refractivity contribution in [3.8, 4) is 0 Å². The van der Waals surface area contributed by atoms with E-state index in [4.69, 9.17) is 14.2 Å². The molecule has 0 aliphatic carbocycles. The monoisotopic (exact) mass is 1080 g/mol. The Balaban J connectivity index is 4.18. The molecule has 77 heavy (non-hydrogen) atoms. The van der Waals surface area contributed by atoms with E-state index in [9.17, 15) is 14.4 Å². The van der Waals surface area contributed by atoms with Crippen LogP contribution in [0.3, 0.4) is 0 Å². The minimum atomic E-state index is -0.772. The lowest BCUT2D eigenvalue weighted by molar-refractivity contribution is -0.167. The largest absolute Gasteiger partial charge is 0.462 e. The van der Waals surface area contributed by atoms with Crippen LogP contribution in [0.2, 0.25) is 0 Å². The van der Waals surface area contributed by atoms with Crippen LogP contribution in [0, 0.1) is 0 Å². The molecule has 0 aliphatic heterocycles. The SMILES string of the molecule is CCCCCCC/C=C\C/C=C\CCCCCCCCCCCC(=O)OC(COC(=O)CCCCCCCCCCCCC)COC(=O)CCCCCCCCCCCCCCCCC/C=C\CCCCCCCCCC. The number of carbonyl (C=O) groups excluding carboxylic acids is 3. The number of hydrogen-bond acceptors (Lipinski definition) is 6. The standard InChI is InChI=1S/C71H132O6/c1-4-7-10-13-16-19-22-24-26-28-30-32-33-34-35-36-37-39-40-42-44-46-49-52-55-58-61-64-70(73)76-67-68(66-75-69(72)63-60-57-54-51-48-21-18-15-12-9-6-3)77-71(74)65-62-59-56-53-50-47-45-43-41-38-31-29-27-25-23-20-17-14-11-8-5-2/h23,25,28-31,68H,4-22,24,26-27,32-67H2,1-3H3/b25-23-,30-28-,31-29-. The fraction of sp³-hybridized carbons (Fsp3) is 0.873. The highest BCUT2D eigenvalue weighted by Crippen LogP contribution is 2.18. The Bertz CT molecular complexity index is 1290. The topological polar surface area (TPSA) is 78.9 Å². The number of esters is 3. The van der Waals surface area contributed by atoms with E-state index in [1.807, 2.05) is 0 Å². The Kier molecular flexibility index (Phi) is 64.1. The van der Waals surface area contributed by atoms with Crippen molar-refractivity contribution >= 4 is 17.9 Å². The van der Waals surface area contributed by atoms with Crippen LogP contribution in [0.5, 0.6) is 0 Å². The van der Waals surface area contributed by atoms with Crippen molar-refractivity contribution in [2.45, 2.75) is 386 Å². The third-order valence-electron chi connectivity index (χ3n) is 15.6. The Morgan fingerprint density at radius 1 is 0.260 bits per heavy atom.